The molecule has 0 fully saturated rings. The number of hydrogen-bond donors (Lipinski definition) is 1. The van der Waals surface area contributed by atoms with Crippen molar-refractivity contribution in [3.05, 3.63) is 11.9 Å². The van der Waals surface area contributed by atoms with Crippen LogP contribution < -0.4 is 10.1 Å². The van der Waals surface area contributed by atoms with Crippen molar-refractivity contribution in [2.75, 3.05) is 26.1 Å². The summed E-state index contributed by atoms with van der Waals surface area (Å²) in [5, 5.41) is 3.00. The first-order chi connectivity index (χ1) is 9.80. The van der Waals surface area contributed by atoms with Crippen molar-refractivity contribution in [2.24, 2.45) is 0 Å². The number of nitrogens with one attached hydrogen (secondary N) is 1. The number of anilines is 1. The van der Waals surface area contributed by atoms with Crippen molar-refractivity contribution in [3.8, 4) is 5.88 Å². The van der Waals surface area contributed by atoms with E-state index >= 15 is 0 Å². The average molecular weight is 281 g/mol. The Balaban J connectivity index is 2.33. The van der Waals surface area contributed by atoms with Crippen LogP contribution in [0.3, 0.4) is 0 Å². The Kier molecular flexibility index (Phi) is 8.71. The van der Waals surface area contributed by atoms with E-state index in [2.05, 4.69) is 22.2 Å². The van der Waals surface area contributed by atoms with Gasteiger partial charge in [-0.15, -0.1) is 0 Å². The van der Waals surface area contributed by atoms with Crippen LogP contribution in [0.25, 0.3) is 0 Å². The van der Waals surface area contributed by atoms with Crippen LogP contribution in [0.15, 0.2) is 6.07 Å². The highest BCUT2D eigenvalue weighted by Gasteiger charge is 2.04. The summed E-state index contributed by atoms with van der Waals surface area (Å²) >= 11 is 0. The Labute approximate surface area is 122 Å². The van der Waals surface area contributed by atoms with Crippen molar-refractivity contribution in [1.82, 2.24) is 9.97 Å². The van der Waals surface area contributed by atoms with E-state index in [-0.39, 0.29) is 0 Å². The zero-order chi connectivity index (χ0) is 14.6. The highest BCUT2D eigenvalue weighted by Crippen LogP contribution is 2.14. The van der Waals surface area contributed by atoms with Gasteiger partial charge in [0, 0.05) is 20.2 Å². The molecule has 0 aliphatic carbocycles. The maximum atomic E-state index is 5.70. The topological polar surface area (TPSA) is 56.3 Å². The molecule has 1 aromatic heterocycles. The minimum Gasteiger partial charge on any atom is -0.478 e. The van der Waals surface area contributed by atoms with E-state index in [1.165, 1.54) is 32.1 Å². The molecule has 1 N–H and O–H groups in total. The van der Waals surface area contributed by atoms with Crippen LogP contribution in [0, 0.1) is 0 Å². The van der Waals surface area contributed by atoms with Crippen molar-refractivity contribution in [3.63, 3.8) is 0 Å². The van der Waals surface area contributed by atoms with Crippen LogP contribution in [-0.4, -0.2) is 30.7 Å². The van der Waals surface area contributed by atoms with E-state index < -0.39 is 0 Å². The number of nitrogens with zero attached hydrogens (tertiary/aromatic N) is 2. The summed E-state index contributed by atoms with van der Waals surface area (Å²) in [6, 6.07) is 1.82. The van der Waals surface area contributed by atoms with Crippen LogP contribution >= 0.6 is 0 Å². The Hall–Kier alpha value is -1.36. The fourth-order valence-corrected chi connectivity index (χ4v) is 1.93. The minimum atomic E-state index is 0.392. The zero-order valence-corrected chi connectivity index (χ0v) is 12.9. The third-order valence-corrected chi connectivity index (χ3v) is 3.03. The molecule has 1 rings (SSSR count). The second-order valence-corrected chi connectivity index (χ2v) is 4.81. The van der Waals surface area contributed by atoms with Gasteiger partial charge >= 0.3 is 0 Å². The monoisotopic (exact) mass is 281 g/mol. The summed E-state index contributed by atoms with van der Waals surface area (Å²) in [4.78, 5) is 8.61. The molecule has 0 aliphatic heterocycles. The Morgan fingerprint density at radius 3 is 2.55 bits per heavy atom. The summed E-state index contributed by atoms with van der Waals surface area (Å²) < 4.78 is 10.7. The summed E-state index contributed by atoms with van der Waals surface area (Å²) in [7, 11) is 3.46. The number of hydrogen-bond acceptors (Lipinski definition) is 5. The minimum absolute atomic E-state index is 0.392. The molecule has 20 heavy (non-hydrogen) atoms. The largest absolute Gasteiger partial charge is 0.478 e. The lowest BCUT2D eigenvalue weighted by molar-refractivity contribution is 0.176. The predicted octanol–water partition coefficient (Wildman–Crippen LogP) is 3.40. The molecule has 0 unspecified atom stereocenters. The summed E-state index contributed by atoms with van der Waals surface area (Å²) in [6.45, 7) is 3.33. The second-order valence-electron chi connectivity index (χ2n) is 4.81. The highest BCUT2D eigenvalue weighted by atomic mass is 16.5. The molecular weight excluding hydrogens is 254 g/mol. The van der Waals surface area contributed by atoms with Gasteiger partial charge in [-0.25, -0.2) is 4.98 Å². The molecule has 0 atom stereocenters. The van der Waals surface area contributed by atoms with E-state index in [9.17, 15) is 0 Å². The molecule has 0 saturated heterocycles. The molecule has 0 aromatic carbocycles. The third-order valence-electron chi connectivity index (χ3n) is 3.03. The maximum Gasteiger partial charge on any atom is 0.218 e. The lowest BCUT2D eigenvalue weighted by Crippen LogP contribution is -2.05. The van der Waals surface area contributed by atoms with Crippen LogP contribution in [0.2, 0.25) is 0 Å². The first-order valence-corrected chi connectivity index (χ1v) is 7.47. The Bertz CT molecular complexity index is 372. The van der Waals surface area contributed by atoms with Crippen molar-refractivity contribution < 1.29 is 9.47 Å². The van der Waals surface area contributed by atoms with Gasteiger partial charge in [-0.1, -0.05) is 39.0 Å². The van der Waals surface area contributed by atoms with Crippen LogP contribution in [0.4, 0.5) is 5.82 Å². The van der Waals surface area contributed by atoms with E-state index in [0.717, 1.165) is 12.2 Å². The van der Waals surface area contributed by atoms with Crippen molar-refractivity contribution in [2.45, 2.75) is 52.1 Å². The van der Waals surface area contributed by atoms with Gasteiger partial charge < -0.3 is 14.8 Å². The van der Waals surface area contributed by atoms with Gasteiger partial charge in [-0.2, -0.15) is 4.98 Å². The number of aromatic nitrogens is 2. The van der Waals surface area contributed by atoms with Gasteiger partial charge in [0.1, 0.15) is 12.4 Å². The second kappa shape index (κ2) is 10.4. The van der Waals surface area contributed by atoms with Gasteiger partial charge in [-0.05, 0) is 6.42 Å². The van der Waals surface area contributed by atoms with E-state index in [4.69, 9.17) is 9.47 Å². The quantitative estimate of drug-likeness (QED) is 0.630. The fourth-order valence-electron chi connectivity index (χ4n) is 1.93. The van der Waals surface area contributed by atoms with Crippen molar-refractivity contribution >= 4 is 5.82 Å². The van der Waals surface area contributed by atoms with Crippen LogP contribution in [0.5, 0.6) is 5.88 Å². The predicted molar refractivity (Wildman–Crippen MR) is 81.2 cm³/mol. The van der Waals surface area contributed by atoms with Gasteiger partial charge in [0.2, 0.25) is 5.88 Å². The lowest BCUT2D eigenvalue weighted by atomic mass is 10.1. The van der Waals surface area contributed by atoms with E-state index in [1.807, 2.05) is 13.1 Å². The Morgan fingerprint density at radius 2 is 1.85 bits per heavy atom. The van der Waals surface area contributed by atoms with Crippen LogP contribution in [0.1, 0.15) is 51.3 Å². The Morgan fingerprint density at radius 1 is 1.10 bits per heavy atom. The molecule has 5 heteroatoms. The fraction of sp³-hybridized carbons (Fsp3) is 0.733. The highest BCUT2D eigenvalue weighted by molar-refractivity contribution is 5.37. The molecule has 0 saturated carbocycles. The smallest absolute Gasteiger partial charge is 0.218 e. The van der Waals surface area contributed by atoms with Gasteiger partial charge in [0.25, 0.3) is 0 Å². The van der Waals surface area contributed by atoms with Crippen LogP contribution in [-0.2, 0) is 11.3 Å². The first kappa shape index (κ1) is 16.7. The molecule has 0 aliphatic rings. The molecule has 1 heterocycles. The van der Waals surface area contributed by atoms with E-state index in [1.54, 1.807) is 7.11 Å². The molecule has 0 radical (unpaired) electrons. The zero-order valence-electron chi connectivity index (χ0n) is 12.9. The number of unbranched alkanes of at least 4 members (excludes halogenated alkanes) is 5. The molecule has 0 spiro atoms. The first-order valence-electron chi connectivity index (χ1n) is 7.47. The molecule has 0 bridgehead atoms. The van der Waals surface area contributed by atoms with Gasteiger partial charge in [0.05, 0.1) is 6.61 Å². The number of ether oxygens (including phenoxy) is 2. The summed E-state index contributed by atoms with van der Waals surface area (Å²) in [6.07, 6.45) is 7.52. The molecular formula is C15H27N3O2. The number of methoxy groups -OCH3 is 1. The summed E-state index contributed by atoms with van der Waals surface area (Å²) in [5.41, 5.74) is 0. The third kappa shape index (κ3) is 6.70. The van der Waals surface area contributed by atoms with Gasteiger partial charge in [-0.3, -0.25) is 0 Å². The van der Waals surface area contributed by atoms with Crippen molar-refractivity contribution in [1.29, 1.82) is 0 Å². The number of rotatable bonds is 11. The maximum absolute atomic E-state index is 5.70. The lowest BCUT2D eigenvalue weighted by Gasteiger charge is -2.09. The standard InChI is InChI=1S/C15H27N3O2/c1-4-5-6-7-8-9-10-20-15-11-13(16-2)17-14(18-15)12-19-3/h11H,4-10,12H2,1-3H3,(H,16,17,18). The SMILES string of the molecule is CCCCCCCCOc1cc(NC)nc(COC)n1. The summed E-state index contributed by atoms with van der Waals surface area (Å²) in [5.74, 6) is 2.01. The van der Waals surface area contributed by atoms with Gasteiger partial charge in [0.15, 0.2) is 5.82 Å². The molecule has 1 aromatic rings. The average Bonchev–Trinajstić information content (AvgIpc) is 2.46. The molecule has 5 nitrogen and oxygen atoms in total. The molecule has 0 amide bonds. The normalized spacial score (nSPS) is 10.6. The van der Waals surface area contributed by atoms with E-state index in [0.29, 0.717) is 24.9 Å². The molecule has 114 valence electrons.